The summed E-state index contributed by atoms with van der Waals surface area (Å²) in [6.07, 6.45) is 7.21. The number of hydrogen-bond acceptors (Lipinski definition) is 4. The number of rotatable bonds is 4. The highest BCUT2D eigenvalue weighted by Gasteiger charge is 2.26. The Labute approximate surface area is 112 Å². The third-order valence-electron chi connectivity index (χ3n) is 3.88. The van der Waals surface area contributed by atoms with Crippen LogP contribution in [0.5, 0.6) is 0 Å². The van der Waals surface area contributed by atoms with Gasteiger partial charge in [0, 0.05) is 6.04 Å². The second-order valence-electron chi connectivity index (χ2n) is 5.04. The highest BCUT2D eigenvalue weighted by Crippen LogP contribution is 2.29. The van der Waals surface area contributed by atoms with Crippen LogP contribution in [0.25, 0.3) is 5.69 Å². The molecule has 0 amide bonds. The van der Waals surface area contributed by atoms with E-state index in [0.29, 0.717) is 12.0 Å². The van der Waals surface area contributed by atoms with E-state index in [-0.39, 0.29) is 0 Å². The Balaban J connectivity index is 1.85. The summed E-state index contributed by atoms with van der Waals surface area (Å²) in [6, 6.07) is 8.65. The largest absolute Gasteiger partial charge is 0.380 e. The van der Waals surface area contributed by atoms with Crippen LogP contribution in [0.15, 0.2) is 36.7 Å². The van der Waals surface area contributed by atoms with Crippen molar-refractivity contribution in [2.75, 3.05) is 11.9 Å². The minimum Gasteiger partial charge on any atom is -0.380 e. The van der Waals surface area contributed by atoms with Crippen LogP contribution in [0.1, 0.15) is 19.3 Å². The van der Waals surface area contributed by atoms with Crippen LogP contribution in [-0.2, 0) is 0 Å². The molecule has 0 spiro atoms. The molecule has 5 nitrogen and oxygen atoms in total. The fourth-order valence-electron chi connectivity index (χ4n) is 2.84. The fraction of sp³-hybridized carbons (Fsp3) is 0.429. The maximum atomic E-state index is 5.84. The normalized spacial score (nSPS) is 22.6. The molecule has 2 atom stereocenters. The number of benzene rings is 1. The number of para-hydroxylation sites is 2. The number of aromatic nitrogens is 3. The predicted octanol–water partition coefficient (Wildman–Crippen LogP) is 1.81. The Kier molecular flexibility index (Phi) is 3.46. The number of nitrogens with two attached hydrogens (primary N) is 1. The minimum absolute atomic E-state index is 0.467. The fourth-order valence-corrected chi connectivity index (χ4v) is 2.84. The number of hydrogen-bond donors (Lipinski definition) is 2. The van der Waals surface area contributed by atoms with Crippen LogP contribution in [0.2, 0.25) is 0 Å². The van der Waals surface area contributed by atoms with E-state index in [1.807, 2.05) is 24.4 Å². The summed E-state index contributed by atoms with van der Waals surface area (Å²) in [5.41, 5.74) is 7.97. The van der Waals surface area contributed by atoms with Crippen LogP contribution >= 0.6 is 0 Å². The first-order chi connectivity index (χ1) is 9.38. The third kappa shape index (κ3) is 2.46. The van der Waals surface area contributed by atoms with Gasteiger partial charge in [-0.1, -0.05) is 23.8 Å². The summed E-state index contributed by atoms with van der Waals surface area (Å²) in [5, 5.41) is 11.6. The second-order valence-corrected chi connectivity index (χ2v) is 5.04. The van der Waals surface area contributed by atoms with Gasteiger partial charge in [-0.25, -0.2) is 4.68 Å². The van der Waals surface area contributed by atoms with Crippen molar-refractivity contribution in [3.05, 3.63) is 36.7 Å². The topological polar surface area (TPSA) is 68.8 Å². The van der Waals surface area contributed by atoms with Crippen molar-refractivity contribution in [1.29, 1.82) is 0 Å². The molecule has 100 valence electrons. The van der Waals surface area contributed by atoms with Crippen LogP contribution in [0, 0.1) is 5.92 Å². The summed E-state index contributed by atoms with van der Waals surface area (Å²) in [4.78, 5) is 0. The molecule has 1 fully saturated rings. The van der Waals surface area contributed by atoms with E-state index in [2.05, 4.69) is 21.7 Å². The summed E-state index contributed by atoms with van der Waals surface area (Å²) in [6.45, 7) is 0.753. The van der Waals surface area contributed by atoms with Gasteiger partial charge in [0.05, 0.1) is 23.8 Å². The van der Waals surface area contributed by atoms with Crippen LogP contribution in [0.3, 0.4) is 0 Å². The first-order valence-electron chi connectivity index (χ1n) is 6.81. The molecule has 2 unspecified atom stereocenters. The number of nitrogens with one attached hydrogen (secondary N) is 1. The monoisotopic (exact) mass is 257 g/mol. The molecule has 3 rings (SSSR count). The molecule has 1 aromatic carbocycles. The van der Waals surface area contributed by atoms with Gasteiger partial charge in [0.2, 0.25) is 0 Å². The minimum atomic E-state index is 0.467. The Hall–Kier alpha value is -1.88. The lowest BCUT2D eigenvalue weighted by Gasteiger charge is -2.22. The lowest BCUT2D eigenvalue weighted by molar-refractivity contribution is 0.516. The molecule has 1 aromatic heterocycles. The van der Waals surface area contributed by atoms with Crippen molar-refractivity contribution in [3.63, 3.8) is 0 Å². The quantitative estimate of drug-likeness (QED) is 0.876. The van der Waals surface area contributed by atoms with E-state index in [4.69, 9.17) is 5.73 Å². The molecule has 1 heterocycles. The molecule has 2 aromatic rings. The number of anilines is 1. The van der Waals surface area contributed by atoms with Gasteiger partial charge in [-0.15, -0.1) is 5.10 Å². The summed E-state index contributed by atoms with van der Waals surface area (Å²) < 4.78 is 1.79. The standard InChI is InChI=1S/C14H19N5/c15-10-11-4-3-6-12(11)17-13-5-1-2-7-14(13)19-9-8-16-18-19/h1-2,5,7-9,11-12,17H,3-4,6,10,15H2. The summed E-state index contributed by atoms with van der Waals surface area (Å²) >= 11 is 0. The maximum Gasteiger partial charge on any atom is 0.0894 e. The zero-order valence-corrected chi connectivity index (χ0v) is 10.9. The average molecular weight is 257 g/mol. The molecular weight excluding hydrogens is 238 g/mol. The Morgan fingerprint density at radius 1 is 1.32 bits per heavy atom. The molecule has 3 N–H and O–H groups in total. The van der Waals surface area contributed by atoms with E-state index in [1.165, 1.54) is 19.3 Å². The van der Waals surface area contributed by atoms with Crippen LogP contribution in [-0.4, -0.2) is 27.6 Å². The number of nitrogens with zero attached hydrogens (tertiary/aromatic N) is 3. The van der Waals surface area contributed by atoms with Gasteiger partial charge in [0.25, 0.3) is 0 Å². The first-order valence-corrected chi connectivity index (χ1v) is 6.81. The smallest absolute Gasteiger partial charge is 0.0894 e. The highest BCUT2D eigenvalue weighted by molar-refractivity contribution is 5.61. The zero-order chi connectivity index (χ0) is 13.1. The van der Waals surface area contributed by atoms with Crippen LogP contribution < -0.4 is 11.1 Å². The second kappa shape index (κ2) is 5.40. The van der Waals surface area contributed by atoms with Gasteiger partial charge in [-0.05, 0) is 37.4 Å². The van der Waals surface area contributed by atoms with Crippen molar-refractivity contribution in [3.8, 4) is 5.69 Å². The molecule has 1 aliphatic carbocycles. The predicted molar refractivity (Wildman–Crippen MR) is 75.2 cm³/mol. The summed E-state index contributed by atoms with van der Waals surface area (Å²) in [7, 11) is 0. The molecule has 19 heavy (non-hydrogen) atoms. The maximum absolute atomic E-state index is 5.84. The molecule has 0 aliphatic heterocycles. The molecule has 0 saturated heterocycles. The molecular formula is C14H19N5. The Morgan fingerprint density at radius 2 is 2.21 bits per heavy atom. The highest BCUT2D eigenvalue weighted by atomic mass is 15.4. The molecule has 0 radical (unpaired) electrons. The first kappa shape index (κ1) is 12.2. The van der Waals surface area contributed by atoms with Gasteiger partial charge in [-0.2, -0.15) is 0 Å². The van der Waals surface area contributed by atoms with Gasteiger partial charge in [0.1, 0.15) is 0 Å². The lowest BCUT2D eigenvalue weighted by atomic mass is 10.0. The van der Waals surface area contributed by atoms with Crippen molar-refractivity contribution in [2.24, 2.45) is 11.7 Å². The van der Waals surface area contributed by atoms with E-state index < -0.39 is 0 Å². The SMILES string of the molecule is NCC1CCCC1Nc1ccccc1-n1ccnn1. The lowest BCUT2D eigenvalue weighted by Crippen LogP contribution is -2.29. The summed E-state index contributed by atoms with van der Waals surface area (Å²) in [5.74, 6) is 0.573. The molecule has 5 heteroatoms. The van der Waals surface area contributed by atoms with E-state index >= 15 is 0 Å². The average Bonchev–Trinajstić information content (AvgIpc) is 3.10. The van der Waals surface area contributed by atoms with Crippen molar-refractivity contribution < 1.29 is 0 Å². The van der Waals surface area contributed by atoms with Crippen molar-refractivity contribution >= 4 is 5.69 Å². The van der Waals surface area contributed by atoms with Gasteiger partial charge in [0.15, 0.2) is 0 Å². The van der Waals surface area contributed by atoms with E-state index in [9.17, 15) is 0 Å². The van der Waals surface area contributed by atoms with Gasteiger partial charge >= 0.3 is 0 Å². The zero-order valence-electron chi connectivity index (χ0n) is 10.9. The van der Waals surface area contributed by atoms with Crippen molar-refractivity contribution in [1.82, 2.24) is 15.0 Å². The third-order valence-corrected chi connectivity index (χ3v) is 3.88. The van der Waals surface area contributed by atoms with Gasteiger partial charge < -0.3 is 11.1 Å². The Bertz CT molecular complexity index is 522. The molecule has 1 saturated carbocycles. The van der Waals surface area contributed by atoms with E-state index in [0.717, 1.165) is 17.9 Å². The molecule has 0 bridgehead atoms. The van der Waals surface area contributed by atoms with E-state index in [1.54, 1.807) is 10.9 Å². The van der Waals surface area contributed by atoms with Gasteiger partial charge in [-0.3, -0.25) is 0 Å². The van der Waals surface area contributed by atoms with Crippen molar-refractivity contribution in [2.45, 2.75) is 25.3 Å². The Morgan fingerprint density at radius 3 is 3.00 bits per heavy atom. The molecule has 1 aliphatic rings. The van der Waals surface area contributed by atoms with Crippen LogP contribution in [0.4, 0.5) is 5.69 Å².